The van der Waals surface area contributed by atoms with Crippen molar-refractivity contribution in [1.29, 1.82) is 0 Å². The van der Waals surface area contributed by atoms with Gasteiger partial charge in [0.1, 0.15) is 0 Å². The van der Waals surface area contributed by atoms with E-state index in [0.717, 1.165) is 25.1 Å². The Labute approximate surface area is 165 Å². The predicted octanol–water partition coefficient (Wildman–Crippen LogP) is 2.44. The molecule has 0 unspecified atom stereocenters. The molecule has 2 aliphatic rings. The van der Waals surface area contributed by atoms with E-state index < -0.39 is 5.82 Å². The number of hydrogen-bond donors (Lipinski definition) is 0. The third kappa shape index (κ3) is 3.34. The van der Waals surface area contributed by atoms with Gasteiger partial charge in [-0.1, -0.05) is 10.4 Å². The van der Waals surface area contributed by atoms with Gasteiger partial charge in [0.05, 0.1) is 19.3 Å². The minimum Gasteiger partial charge on any atom is -0.494 e. The highest BCUT2D eigenvalue weighted by Crippen LogP contribution is 2.38. The van der Waals surface area contributed by atoms with E-state index in [4.69, 9.17) is 9.26 Å². The van der Waals surface area contributed by atoms with Crippen molar-refractivity contribution in [3.63, 3.8) is 0 Å². The summed E-state index contributed by atoms with van der Waals surface area (Å²) in [7, 11) is 1.39. The Kier molecular flexibility index (Phi) is 4.26. The number of hydrogen-bond acceptors (Lipinski definition) is 7. The SMILES string of the molecule is COc1ccc(C(=O)N2CC[C@@H](n3cc(-c4nc(C5CC5)no4)nn3)C2)cc1F. The maximum absolute atomic E-state index is 13.9. The lowest BCUT2D eigenvalue weighted by Crippen LogP contribution is -2.29. The molecule has 10 heteroatoms. The number of amides is 1. The standard InChI is InChI=1S/C19H19FN6O3/c1-28-16-5-4-12(8-14(16)20)19(27)25-7-6-13(9-25)26-10-15(22-24-26)18-21-17(23-29-18)11-2-3-11/h4-5,8,10-11,13H,2-3,6-7,9H2,1H3/t13-/m1/s1. The molecule has 2 aromatic heterocycles. The number of halogens is 1. The largest absolute Gasteiger partial charge is 0.494 e. The van der Waals surface area contributed by atoms with Gasteiger partial charge in [0.15, 0.2) is 23.1 Å². The zero-order valence-electron chi connectivity index (χ0n) is 15.8. The van der Waals surface area contributed by atoms with Crippen molar-refractivity contribution in [2.24, 2.45) is 0 Å². The Hall–Kier alpha value is -3.30. The van der Waals surface area contributed by atoms with E-state index in [2.05, 4.69) is 20.5 Å². The van der Waals surface area contributed by atoms with E-state index in [9.17, 15) is 9.18 Å². The molecule has 1 saturated heterocycles. The van der Waals surface area contributed by atoms with Crippen molar-refractivity contribution < 1.29 is 18.4 Å². The van der Waals surface area contributed by atoms with Crippen molar-refractivity contribution >= 4 is 5.91 Å². The van der Waals surface area contributed by atoms with Crippen molar-refractivity contribution in [2.45, 2.75) is 31.2 Å². The van der Waals surface area contributed by atoms with Gasteiger partial charge in [-0.25, -0.2) is 9.07 Å². The number of benzene rings is 1. The van der Waals surface area contributed by atoms with E-state index in [-0.39, 0.29) is 17.7 Å². The molecular weight excluding hydrogens is 379 g/mol. The summed E-state index contributed by atoms with van der Waals surface area (Å²) in [5, 5.41) is 12.3. The van der Waals surface area contributed by atoms with Crippen LogP contribution in [0.5, 0.6) is 5.75 Å². The second kappa shape index (κ2) is 6.94. The first kappa shape index (κ1) is 17.8. The average molecular weight is 398 g/mol. The highest BCUT2D eigenvalue weighted by molar-refractivity contribution is 5.94. The molecule has 9 nitrogen and oxygen atoms in total. The molecule has 1 aliphatic heterocycles. The lowest BCUT2D eigenvalue weighted by Gasteiger charge is -2.17. The Morgan fingerprint density at radius 3 is 2.93 bits per heavy atom. The fourth-order valence-electron chi connectivity index (χ4n) is 3.52. The van der Waals surface area contributed by atoms with Gasteiger partial charge >= 0.3 is 0 Å². The first-order chi connectivity index (χ1) is 14.1. The van der Waals surface area contributed by atoms with E-state index >= 15 is 0 Å². The van der Waals surface area contributed by atoms with E-state index in [1.54, 1.807) is 21.8 Å². The van der Waals surface area contributed by atoms with Gasteiger partial charge in [-0.05, 0) is 37.5 Å². The minimum atomic E-state index is -0.555. The van der Waals surface area contributed by atoms with Crippen molar-refractivity contribution in [3.05, 3.63) is 41.6 Å². The van der Waals surface area contributed by atoms with Crippen LogP contribution in [0, 0.1) is 5.82 Å². The number of ether oxygens (including phenoxy) is 1. The molecule has 1 saturated carbocycles. The first-order valence-corrected chi connectivity index (χ1v) is 9.51. The van der Waals surface area contributed by atoms with Crippen molar-refractivity contribution in [2.75, 3.05) is 20.2 Å². The first-order valence-electron chi connectivity index (χ1n) is 9.51. The molecule has 29 heavy (non-hydrogen) atoms. The maximum Gasteiger partial charge on any atom is 0.280 e. The lowest BCUT2D eigenvalue weighted by atomic mass is 10.2. The molecular formula is C19H19FN6O3. The Morgan fingerprint density at radius 2 is 2.17 bits per heavy atom. The van der Waals surface area contributed by atoms with E-state index in [0.29, 0.717) is 36.2 Å². The van der Waals surface area contributed by atoms with Crippen molar-refractivity contribution in [3.8, 4) is 17.3 Å². The van der Waals surface area contributed by atoms with Gasteiger partial charge in [-0.2, -0.15) is 4.98 Å². The van der Waals surface area contributed by atoms with Gasteiger partial charge in [-0.15, -0.1) is 5.10 Å². The second-order valence-electron chi connectivity index (χ2n) is 7.36. The van der Waals surface area contributed by atoms with Crippen LogP contribution in [0.3, 0.4) is 0 Å². The molecule has 150 valence electrons. The predicted molar refractivity (Wildman–Crippen MR) is 97.8 cm³/mol. The molecule has 0 radical (unpaired) electrons. The maximum atomic E-state index is 13.9. The Bertz CT molecular complexity index is 1060. The number of carbonyl (C=O) groups is 1. The molecule has 1 amide bonds. The van der Waals surface area contributed by atoms with Gasteiger partial charge in [0.25, 0.3) is 11.8 Å². The molecule has 0 N–H and O–H groups in total. The highest BCUT2D eigenvalue weighted by atomic mass is 19.1. The van der Waals surface area contributed by atoms with Crippen LogP contribution in [-0.4, -0.2) is 56.1 Å². The van der Waals surface area contributed by atoms with Gasteiger partial charge in [0, 0.05) is 24.6 Å². The number of methoxy groups -OCH3 is 1. The molecule has 1 aromatic carbocycles. The normalized spacial score (nSPS) is 19.0. The molecule has 3 aromatic rings. The second-order valence-corrected chi connectivity index (χ2v) is 7.36. The summed E-state index contributed by atoms with van der Waals surface area (Å²) in [6.45, 7) is 1.02. The van der Waals surface area contributed by atoms with Gasteiger partial charge < -0.3 is 14.2 Å². The van der Waals surface area contributed by atoms with Crippen LogP contribution in [0.1, 0.15) is 47.4 Å². The van der Waals surface area contributed by atoms with Crippen LogP contribution < -0.4 is 4.74 Å². The summed E-state index contributed by atoms with van der Waals surface area (Å²) in [6, 6.07) is 4.21. The summed E-state index contributed by atoms with van der Waals surface area (Å²) >= 11 is 0. The van der Waals surface area contributed by atoms with Crippen LogP contribution in [0.4, 0.5) is 4.39 Å². The summed E-state index contributed by atoms with van der Waals surface area (Å²) < 4.78 is 25.8. The van der Waals surface area contributed by atoms with E-state index in [1.807, 2.05) is 0 Å². The van der Waals surface area contributed by atoms with Crippen LogP contribution in [0.25, 0.3) is 11.6 Å². The number of nitrogens with zero attached hydrogens (tertiary/aromatic N) is 6. The lowest BCUT2D eigenvalue weighted by molar-refractivity contribution is 0.0786. The fraction of sp³-hybridized carbons (Fsp3) is 0.421. The van der Waals surface area contributed by atoms with Crippen LogP contribution in [0.2, 0.25) is 0 Å². The molecule has 5 rings (SSSR count). The average Bonchev–Trinajstić information content (AvgIpc) is 3.16. The summed E-state index contributed by atoms with van der Waals surface area (Å²) in [5.41, 5.74) is 0.813. The van der Waals surface area contributed by atoms with Crippen molar-refractivity contribution in [1.82, 2.24) is 30.0 Å². The monoisotopic (exact) mass is 398 g/mol. The van der Waals surface area contributed by atoms with Gasteiger partial charge in [0.2, 0.25) is 0 Å². The number of carbonyl (C=O) groups excluding carboxylic acids is 1. The minimum absolute atomic E-state index is 0.0193. The topological polar surface area (TPSA) is 99.2 Å². The third-order valence-corrected chi connectivity index (χ3v) is 5.34. The zero-order chi connectivity index (χ0) is 20.0. The Balaban J connectivity index is 1.27. The van der Waals surface area contributed by atoms with E-state index in [1.165, 1.54) is 19.2 Å². The fourth-order valence-corrected chi connectivity index (χ4v) is 3.52. The number of rotatable bonds is 5. The number of likely N-dealkylation sites (tertiary alicyclic amines) is 1. The zero-order valence-corrected chi connectivity index (χ0v) is 15.8. The smallest absolute Gasteiger partial charge is 0.280 e. The molecule has 3 heterocycles. The Morgan fingerprint density at radius 1 is 1.31 bits per heavy atom. The summed E-state index contributed by atoms with van der Waals surface area (Å²) in [5.74, 6) is 0.818. The van der Waals surface area contributed by atoms with Crippen LogP contribution in [-0.2, 0) is 0 Å². The van der Waals surface area contributed by atoms with Crippen LogP contribution in [0.15, 0.2) is 28.9 Å². The molecule has 2 fully saturated rings. The molecule has 0 bridgehead atoms. The number of aromatic nitrogens is 5. The molecule has 1 atom stereocenters. The summed E-state index contributed by atoms with van der Waals surface area (Å²) in [6.07, 6.45) is 4.67. The molecule has 0 spiro atoms. The quantitative estimate of drug-likeness (QED) is 0.651. The third-order valence-electron chi connectivity index (χ3n) is 5.34. The van der Waals surface area contributed by atoms with Gasteiger partial charge in [-0.3, -0.25) is 4.79 Å². The van der Waals surface area contributed by atoms with Crippen LogP contribution >= 0.6 is 0 Å². The molecule has 1 aliphatic carbocycles. The highest BCUT2D eigenvalue weighted by Gasteiger charge is 2.31. The summed E-state index contributed by atoms with van der Waals surface area (Å²) in [4.78, 5) is 18.8.